The zero-order valence-electron chi connectivity index (χ0n) is 10.1. The molecule has 1 heteroatoms. The summed E-state index contributed by atoms with van der Waals surface area (Å²) in [5.74, 6) is 1.70. The van der Waals surface area contributed by atoms with Crippen LogP contribution >= 0.6 is 0 Å². The molecule has 1 fully saturated rings. The van der Waals surface area contributed by atoms with Crippen LogP contribution in [0.15, 0.2) is 23.8 Å². The van der Waals surface area contributed by atoms with Crippen molar-refractivity contribution in [3.63, 3.8) is 0 Å². The Kier molecular flexibility index (Phi) is 3.63. The van der Waals surface area contributed by atoms with Crippen LogP contribution in [0.1, 0.15) is 33.1 Å². The maximum Gasteiger partial charge on any atom is 0.0230 e. The van der Waals surface area contributed by atoms with Gasteiger partial charge in [0, 0.05) is 13.1 Å². The van der Waals surface area contributed by atoms with Crippen molar-refractivity contribution in [3.05, 3.63) is 23.8 Å². The lowest BCUT2D eigenvalue weighted by molar-refractivity contribution is 0.350. The molecule has 1 aliphatic heterocycles. The van der Waals surface area contributed by atoms with E-state index in [4.69, 9.17) is 0 Å². The van der Waals surface area contributed by atoms with Gasteiger partial charge < -0.3 is 0 Å². The van der Waals surface area contributed by atoms with Crippen LogP contribution in [0.25, 0.3) is 0 Å². The van der Waals surface area contributed by atoms with Crippen molar-refractivity contribution in [1.82, 2.24) is 4.90 Å². The number of hydrogen-bond donors (Lipinski definition) is 0. The molecule has 0 N–H and O–H groups in total. The Morgan fingerprint density at radius 3 is 2.93 bits per heavy atom. The van der Waals surface area contributed by atoms with Crippen LogP contribution < -0.4 is 0 Å². The zero-order chi connectivity index (χ0) is 10.7. The summed E-state index contributed by atoms with van der Waals surface area (Å²) in [5.41, 5.74) is 1.53. The second-order valence-corrected chi connectivity index (χ2v) is 5.15. The lowest BCUT2D eigenvalue weighted by Gasteiger charge is -2.19. The molecule has 15 heavy (non-hydrogen) atoms. The number of allylic oxidation sites excluding steroid dienone is 2. The molecular weight excluding hydrogens is 182 g/mol. The van der Waals surface area contributed by atoms with Crippen LogP contribution in [-0.4, -0.2) is 24.5 Å². The monoisotopic (exact) mass is 205 g/mol. The van der Waals surface area contributed by atoms with Gasteiger partial charge in [-0.2, -0.15) is 0 Å². The molecule has 84 valence electrons. The van der Waals surface area contributed by atoms with Crippen molar-refractivity contribution < 1.29 is 0 Å². The van der Waals surface area contributed by atoms with Crippen LogP contribution in [0, 0.1) is 11.8 Å². The summed E-state index contributed by atoms with van der Waals surface area (Å²) in [7, 11) is 0. The first kappa shape index (κ1) is 10.9. The third kappa shape index (κ3) is 2.94. The third-order valence-corrected chi connectivity index (χ3v) is 3.74. The Labute approximate surface area is 93.9 Å². The highest BCUT2D eigenvalue weighted by atomic mass is 15.1. The molecule has 0 saturated carbocycles. The van der Waals surface area contributed by atoms with Crippen LogP contribution in [0.3, 0.4) is 0 Å². The highest BCUT2D eigenvalue weighted by molar-refractivity contribution is 5.24. The van der Waals surface area contributed by atoms with Gasteiger partial charge in [-0.3, -0.25) is 4.90 Å². The third-order valence-electron chi connectivity index (χ3n) is 3.74. The van der Waals surface area contributed by atoms with E-state index in [-0.39, 0.29) is 0 Å². The van der Waals surface area contributed by atoms with Gasteiger partial charge in [0.05, 0.1) is 0 Å². The predicted molar refractivity (Wildman–Crippen MR) is 65.8 cm³/mol. The number of hydrogen-bond acceptors (Lipinski definition) is 1. The molecule has 0 aromatic rings. The summed E-state index contributed by atoms with van der Waals surface area (Å²) in [6.45, 7) is 8.40. The van der Waals surface area contributed by atoms with Gasteiger partial charge in [0.25, 0.3) is 0 Å². The molecule has 2 atom stereocenters. The predicted octanol–water partition coefficient (Wildman–Crippen LogP) is 3.24. The summed E-state index contributed by atoms with van der Waals surface area (Å²) in [4.78, 5) is 2.61. The minimum absolute atomic E-state index is 0.746. The molecule has 1 saturated heterocycles. The molecule has 2 aliphatic rings. The fourth-order valence-electron chi connectivity index (χ4n) is 2.54. The van der Waals surface area contributed by atoms with Crippen molar-refractivity contribution in [2.24, 2.45) is 11.8 Å². The first-order chi connectivity index (χ1) is 7.28. The van der Waals surface area contributed by atoms with E-state index < -0.39 is 0 Å². The Morgan fingerprint density at radius 1 is 1.47 bits per heavy atom. The van der Waals surface area contributed by atoms with E-state index in [1.54, 1.807) is 0 Å². The van der Waals surface area contributed by atoms with E-state index in [2.05, 4.69) is 37.0 Å². The Balaban J connectivity index is 1.81. The van der Waals surface area contributed by atoms with E-state index in [1.807, 2.05) is 0 Å². The quantitative estimate of drug-likeness (QED) is 0.683. The molecule has 0 amide bonds. The molecule has 1 heterocycles. The Hall–Kier alpha value is -0.560. The Bertz CT molecular complexity index is 265. The molecule has 0 spiro atoms. The van der Waals surface area contributed by atoms with Gasteiger partial charge in [0.1, 0.15) is 0 Å². The normalized spacial score (nSPS) is 32.0. The molecule has 2 rings (SSSR count). The van der Waals surface area contributed by atoms with Gasteiger partial charge in [-0.1, -0.05) is 38.5 Å². The summed E-state index contributed by atoms with van der Waals surface area (Å²) in [5, 5.41) is 0. The van der Waals surface area contributed by atoms with Crippen molar-refractivity contribution in [2.45, 2.75) is 33.1 Å². The van der Waals surface area contributed by atoms with Crippen LogP contribution in [0.2, 0.25) is 0 Å². The average Bonchev–Trinajstić information content (AvgIpc) is 2.69. The first-order valence-corrected chi connectivity index (χ1v) is 6.37. The van der Waals surface area contributed by atoms with Gasteiger partial charge in [-0.05, 0) is 36.8 Å². The van der Waals surface area contributed by atoms with E-state index in [9.17, 15) is 0 Å². The van der Waals surface area contributed by atoms with Crippen LogP contribution in [0.4, 0.5) is 0 Å². The smallest absolute Gasteiger partial charge is 0.0230 e. The zero-order valence-corrected chi connectivity index (χ0v) is 10.1. The van der Waals surface area contributed by atoms with Gasteiger partial charge in [-0.25, -0.2) is 0 Å². The molecule has 2 unspecified atom stereocenters. The Morgan fingerprint density at radius 2 is 2.33 bits per heavy atom. The maximum atomic E-state index is 2.61. The summed E-state index contributed by atoms with van der Waals surface area (Å²) in [6, 6.07) is 0. The van der Waals surface area contributed by atoms with E-state index in [0.717, 1.165) is 11.8 Å². The SMILES string of the molecule is CCC1CCN(CC2=CCC(C)C=C2)C1. The molecule has 0 radical (unpaired) electrons. The first-order valence-electron chi connectivity index (χ1n) is 6.37. The van der Waals surface area contributed by atoms with Gasteiger partial charge in [-0.15, -0.1) is 0 Å². The maximum absolute atomic E-state index is 2.61. The topological polar surface area (TPSA) is 3.24 Å². The number of likely N-dealkylation sites (tertiary alicyclic amines) is 1. The summed E-state index contributed by atoms with van der Waals surface area (Å²) < 4.78 is 0. The van der Waals surface area contributed by atoms with Crippen molar-refractivity contribution >= 4 is 0 Å². The van der Waals surface area contributed by atoms with Crippen molar-refractivity contribution in [2.75, 3.05) is 19.6 Å². The largest absolute Gasteiger partial charge is 0.299 e. The minimum Gasteiger partial charge on any atom is -0.299 e. The molecule has 0 aromatic carbocycles. The fraction of sp³-hybridized carbons (Fsp3) is 0.714. The number of nitrogens with zero attached hydrogens (tertiary/aromatic N) is 1. The van der Waals surface area contributed by atoms with E-state index >= 15 is 0 Å². The lowest BCUT2D eigenvalue weighted by Crippen LogP contribution is -2.23. The van der Waals surface area contributed by atoms with Crippen molar-refractivity contribution in [1.29, 1.82) is 0 Å². The summed E-state index contributed by atoms with van der Waals surface area (Å²) >= 11 is 0. The lowest BCUT2D eigenvalue weighted by atomic mass is 9.98. The highest BCUT2D eigenvalue weighted by Crippen LogP contribution is 2.22. The van der Waals surface area contributed by atoms with Gasteiger partial charge in [0.2, 0.25) is 0 Å². The fourth-order valence-corrected chi connectivity index (χ4v) is 2.54. The summed E-state index contributed by atoms with van der Waals surface area (Å²) in [6.07, 6.45) is 11.1. The standard InChI is InChI=1S/C14H23N/c1-3-13-8-9-15(10-13)11-14-6-4-12(2)5-7-14/h4,6-7,12-13H,3,5,8-11H2,1-2H3. The number of rotatable bonds is 3. The minimum atomic E-state index is 0.746. The highest BCUT2D eigenvalue weighted by Gasteiger charge is 2.21. The molecule has 1 nitrogen and oxygen atoms in total. The van der Waals surface area contributed by atoms with Crippen molar-refractivity contribution in [3.8, 4) is 0 Å². The molecular formula is C14H23N. The van der Waals surface area contributed by atoms with E-state index in [1.165, 1.54) is 44.5 Å². The van der Waals surface area contributed by atoms with Gasteiger partial charge in [0.15, 0.2) is 0 Å². The molecule has 0 bridgehead atoms. The second kappa shape index (κ2) is 4.98. The molecule has 1 aliphatic carbocycles. The van der Waals surface area contributed by atoms with Crippen LogP contribution in [-0.2, 0) is 0 Å². The average molecular weight is 205 g/mol. The van der Waals surface area contributed by atoms with Crippen LogP contribution in [0.5, 0.6) is 0 Å². The second-order valence-electron chi connectivity index (χ2n) is 5.15. The van der Waals surface area contributed by atoms with Gasteiger partial charge >= 0.3 is 0 Å². The van der Waals surface area contributed by atoms with E-state index in [0.29, 0.717) is 0 Å². The molecule has 0 aromatic heterocycles.